The molecule has 0 aliphatic heterocycles. The largest absolute Gasteiger partial charge is 0.395 e. The Hall–Kier alpha value is -1.08. The van der Waals surface area contributed by atoms with Crippen molar-refractivity contribution in [3.8, 4) is 0 Å². The highest BCUT2D eigenvalue weighted by Crippen LogP contribution is 2.16. The molecule has 0 saturated carbocycles. The van der Waals surface area contributed by atoms with Crippen LogP contribution in [0.3, 0.4) is 0 Å². The summed E-state index contributed by atoms with van der Waals surface area (Å²) in [5.74, 6) is 0.0746. The van der Waals surface area contributed by atoms with Crippen LogP contribution >= 0.6 is 0 Å². The molecule has 0 aliphatic carbocycles. The molecular weight excluding hydrogens is 148 g/mol. The lowest BCUT2D eigenvalue weighted by atomic mass is 9.99. The summed E-state index contributed by atoms with van der Waals surface area (Å²) in [5, 5.41) is 8.98. The van der Waals surface area contributed by atoms with Crippen LogP contribution in [0.1, 0.15) is 17.0 Å². The molecule has 0 aliphatic rings. The van der Waals surface area contributed by atoms with E-state index in [1.54, 1.807) is 6.08 Å². The van der Waals surface area contributed by atoms with Gasteiger partial charge in [-0.3, -0.25) is 0 Å². The van der Waals surface area contributed by atoms with Gasteiger partial charge in [0.15, 0.2) is 0 Å². The second-order valence-corrected chi connectivity index (χ2v) is 2.94. The van der Waals surface area contributed by atoms with E-state index in [1.807, 2.05) is 31.2 Å². The van der Waals surface area contributed by atoms with Gasteiger partial charge in [0.05, 0.1) is 6.61 Å². The molecule has 1 atom stereocenters. The fourth-order valence-corrected chi connectivity index (χ4v) is 1.13. The van der Waals surface area contributed by atoms with Gasteiger partial charge in [0.25, 0.3) is 0 Å². The zero-order chi connectivity index (χ0) is 8.97. The second kappa shape index (κ2) is 4.07. The standard InChI is InChI=1S/C11H14O/c1-3-10(8-12)11-6-4-9(2)5-7-11/h3-7,10,12H,1,8H2,2H3. The van der Waals surface area contributed by atoms with Gasteiger partial charge in [-0.15, -0.1) is 6.58 Å². The molecule has 0 fully saturated rings. The van der Waals surface area contributed by atoms with Gasteiger partial charge in [0.2, 0.25) is 0 Å². The van der Waals surface area contributed by atoms with Gasteiger partial charge >= 0.3 is 0 Å². The molecular formula is C11H14O. The first kappa shape index (κ1) is 9.01. The molecule has 1 aromatic rings. The molecule has 1 aromatic carbocycles. The summed E-state index contributed by atoms with van der Waals surface area (Å²) in [6, 6.07) is 8.14. The van der Waals surface area contributed by atoms with E-state index in [1.165, 1.54) is 5.56 Å². The van der Waals surface area contributed by atoms with E-state index in [9.17, 15) is 0 Å². The number of hydrogen-bond acceptors (Lipinski definition) is 1. The molecule has 1 rings (SSSR count). The van der Waals surface area contributed by atoms with Crippen molar-refractivity contribution >= 4 is 0 Å². The lowest BCUT2D eigenvalue weighted by Crippen LogP contribution is -1.99. The summed E-state index contributed by atoms with van der Waals surface area (Å²) in [6.07, 6.45) is 1.77. The van der Waals surface area contributed by atoms with Crippen LogP contribution in [-0.4, -0.2) is 11.7 Å². The van der Waals surface area contributed by atoms with Gasteiger partial charge in [-0.2, -0.15) is 0 Å². The fraction of sp³-hybridized carbons (Fsp3) is 0.273. The van der Waals surface area contributed by atoms with Crippen molar-refractivity contribution in [1.82, 2.24) is 0 Å². The highest BCUT2D eigenvalue weighted by molar-refractivity contribution is 5.26. The van der Waals surface area contributed by atoms with Gasteiger partial charge in [-0.05, 0) is 12.5 Å². The average Bonchev–Trinajstić information content (AvgIpc) is 2.10. The zero-order valence-corrected chi connectivity index (χ0v) is 7.33. The highest BCUT2D eigenvalue weighted by Gasteiger charge is 2.03. The summed E-state index contributed by atoms with van der Waals surface area (Å²) in [5.41, 5.74) is 2.36. The van der Waals surface area contributed by atoms with Gasteiger partial charge < -0.3 is 5.11 Å². The molecule has 12 heavy (non-hydrogen) atoms. The number of hydrogen-bond donors (Lipinski definition) is 1. The second-order valence-electron chi connectivity index (χ2n) is 2.94. The van der Waals surface area contributed by atoms with Gasteiger partial charge in [-0.1, -0.05) is 35.9 Å². The van der Waals surface area contributed by atoms with Crippen molar-refractivity contribution < 1.29 is 5.11 Å². The van der Waals surface area contributed by atoms with Crippen molar-refractivity contribution in [1.29, 1.82) is 0 Å². The van der Waals surface area contributed by atoms with E-state index in [2.05, 4.69) is 6.58 Å². The smallest absolute Gasteiger partial charge is 0.0534 e. The van der Waals surface area contributed by atoms with E-state index in [0.29, 0.717) is 0 Å². The molecule has 64 valence electrons. The van der Waals surface area contributed by atoms with Crippen LogP contribution in [0.2, 0.25) is 0 Å². The van der Waals surface area contributed by atoms with Gasteiger partial charge in [0, 0.05) is 5.92 Å². The first-order valence-electron chi connectivity index (χ1n) is 4.08. The Bertz CT molecular complexity index is 248. The van der Waals surface area contributed by atoms with Gasteiger partial charge in [0.1, 0.15) is 0 Å². The monoisotopic (exact) mass is 162 g/mol. The Morgan fingerprint density at radius 2 is 2.00 bits per heavy atom. The van der Waals surface area contributed by atoms with Crippen molar-refractivity contribution in [3.63, 3.8) is 0 Å². The van der Waals surface area contributed by atoms with Crippen molar-refractivity contribution in [2.75, 3.05) is 6.61 Å². The molecule has 0 aromatic heterocycles. The number of rotatable bonds is 3. The summed E-state index contributed by atoms with van der Waals surface area (Å²) >= 11 is 0. The highest BCUT2D eigenvalue weighted by atomic mass is 16.3. The Morgan fingerprint density at radius 3 is 2.42 bits per heavy atom. The molecule has 0 spiro atoms. The van der Waals surface area contributed by atoms with E-state index in [0.717, 1.165) is 5.56 Å². The zero-order valence-electron chi connectivity index (χ0n) is 7.33. The molecule has 0 radical (unpaired) electrons. The summed E-state index contributed by atoms with van der Waals surface area (Å²) < 4.78 is 0. The van der Waals surface area contributed by atoms with E-state index in [4.69, 9.17) is 5.11 Å². The average molecular weight is 162 g/mol. The molecule has 0 amide bonds. The quantitative estimate of drug-likeness (QED) is 0.676. The van der Waals surface area contributed by atoms with Crippen molar-refractivity contribution in [2.45, 2.75) is 12.8 Å². The number of aliphatic hydroxyl groups is 1. The van der Waals surface area contributed by atoms with Gasteiger partial charge in [-0.25, -0.2) is 0 Å². The molecule has 0 heterocycles. The summed E-state index contributed by atoms with van der Waals surface area (Å²) in [4.78, 5) is 0. The van der Waals surface area contributed by atoms with Crippen LogP contribution in [0.25, 0.3) is 0 Å². The first-order valence-corrected chi connectivity index (χ1v) is 4.08. The van der Waals surface area contributed by atoms with Crippen LogP contribution in [0.5, 0.6) is 0 Å². The normalized spacial score (nSPS) is 12.5. The number of aliphatic hydroxyl groups excluding tert-OH is 1. The third-order valence-corrected chi connectivity index (χ3v) is 1.99. The van der Waals surface area contributed by atoms with Crippen LogP contribution in [0.4, 0.5) is 0 Å². The summed E-state index contributed by atoms with van der Waals surface area (Å²) in [7, 11) is 0. The van der Waals surface area contributed by atoms with Crippen molar-refractivity contribution in [2.24, 2.45) is 0 Å². The Balaban J connectivity index is 2.87. The lowest BCUT2D eigenvalue weighted by molar-refractivity contribution is 0.283. The maximum atomic E-state index is 8.98. The Morgan fingerprint density at radius 1 is 1.42 bits per heavy atom. The summed E-state index contributed by atoms with van der Waals surface area (Å²) in [6.45, 7) is 5.85. The SMILES string of the molecule is C=CC(CO)c1ccc(C)cc1. The van der Waals surface area contributed by atoms with E-state index < -0.39 is 0 Å². The molecule has 1 heteroatoms. The minimum Gasteiger partial charge on any atom is -0.395 e. The molecule has 0 bridgehead atoms. The molecule has 1 nitrogen and oxygen atoms in total. The molecule has 1 N–H and O–H groups in total. The minimum atomic E-state index is 0.0746. The van der Waals surface area contributed by atoms with Crippen LogP contribution in [0, 0.1) is 6.92 Å². The minimum absolute atomic E-state index is 0.0746. The van der Waals surface area contributed by atoms with Crippen LogP contribution < -0.4 is 0 Å². The maximum absolute atomic E-state index is 8.98. The van der Waals surface area contributed by atoms with E-state index in [-0.39, 0.29) is 12.5 Å². The number of aryl methyl sites for hydroxylation is 1. The number of benzene rings is 1. The topological polar surface area (TPSA) is 20.2 Å². The third kappa shape index (κ3) is 1.95. The maximum Gasteiger partial charge on any atom is 0.0534 e. The van der Waals surface area contributed by atoms with E-state index >= 15 is 0 Å². The molecule has 1 unspecified atom stereocenters. The predicted octanol–water partition coefficient (Wildman–Crippen LogP) is 2.26. The lowest BCUT2D eigenvalue weighted by Gasteiger charge is -2.08. The molecule has 0 saturated heterocycles. The third-order valence-electron chi connectivity index (χ3n) is 1.99. The fourth-order valence-electron chi connectivity index (χ4n) is 1.13. The predicted molar refractivity (Wildman–Crippen MR) is 51.2 cm³/mol. The van der Waals surface area contributed by atoms with Crippen LogP contribution in [0.15, 0.2) is 36.9 Å². The van der Waals surface area contributed by atoms with Crippen LogP contribution in [-0.2, 0) is 0 Å². The first-order chi connectivity index (χ1) is 5.77. The Labute approximate surface area is 73.4 Å². The van der Waals surface area contributed by atoms with Crippen molar-refractivity contribution in [3.05, 3.63) is 48.0 Å². The Kier molecular flexibility index (Phi) is 3.06.